The smallest absolute Gasteiger partial charge is 0.216 e. The van der Waals surface area contributed by atoms with Crippen LogP contribution in [0.2, 0.25) is 0 Å². The molecule has 1 aliphatic carbocycles. The molecule has 0 bridgehead atoms. The van der Waals surface area contributed by atoms with E-state index in [9.17, 15) is 0 Å². The summed E-state index contributed by atoms with van der Waals surface area (Å²) in [5, 5.41) is 7.96. The van der Waals surface area contributed by atoms with E-state index >= 15 is 0 Å². The van der Waals surface area contributed by atoms with E-state index in [1.165, 1.54) is 6.42 Å². The number of ether oxygens (including phenoxy) is 2. The van der Waals surface area contributed by atoms with Gasteiger partial charge in [-0.25, -0.2) is 4.68 Å². The van der Waals surface area contributed by atoms with Crippen LogP contribution in [0.4, 0.5) is 0 Å². The van der Waals surface area contributed by atoms with Gasteiger partial charge in [0.2, 0.25) is 5.88 Å². The van der Waals surface area contributed by atoms with Crippen molar-refractivity contribution in [3.05, 3.63) is 11.3 Å². The fourth-order valence-electron chi connectivity index (χ4n) is 2.73. The number of hydrogen-bond donors (Lipinski definition) is 1. The van der Waals surface area contributed by atoms with Crippen LogP contribution in [0, 0.1) is 6.92 Å². The minimum absolute atomic E-state index is 0.416. The van der Waals surface area contributed by atoms with Crippen molar-refractivity contribution in [2.75, 3.05) is 14.2 Å². The second kappa shape index (κ2) is 5.71. The summed E-state index contributed by atoms with van der Waals surface area (Å²) >= 11 is 0. The van der Waals surface area contributed by atoms with Crippen LogP contribution >= 0.6 is 0 Å². The normalized spacial score (nSPS) is 23.6. The molecule has 18 heavy (non-hydrogen) atoms. The maximum absolute atomic E-state index is 5.39. The summed E-state index contributed by atoms with van der Waals surface area (Å²) in [7, 11) is 5.39. The molecular weight excluding hydrogens is 230 g/mol. The third-order valence-electron chi connectivity index (χ3n) is 3.77. The molecule has 5 heteroatoms. The van der Waals surface area contributed by atoms with Crippen molar-refractivity contribution < 1.29 is 9.47 Å². The highest BCUT2D eigenvalue weighted by atomic mass is 16.5. The van der Waals surface area contributed by atoms with Crippen LogP contribution in [0.1, 0.15) is 30.5 Å². The number of nitrogens with one attached hydrogen (secondary N) is 1. The number of hydrogen-bond acceptors (Lipinski definition) is 4. The second-order valence-corrected chi connectivity index (χ2v) is 4.95. The first-order valence-electron chi connectivity index (χ1n) is 6.48. The summed E-state index contributed by atoms with van der Waals surface area (Å²) in [5.41, 5.74) is 2.18. The monoisotopic (exact) mass is 253 g/mol. The molecule has 1 heterocycles. The Morgan fingerprint density at radius 3 is 2.78 bits per heavy atom. The second-order valence-electron chi connectivity index (χ2n) is 4.95. The van der Waals surface area contributed by atoms with E-state index in [1.54, 1.807) is 18.9 Å². The lowest BCUT2D eigenvalue weighted by Gasteiger charge is -2.13. The molecule has 5 nitrogen and oxygen atoms in total. The van der Waals surface area contributed by atoms with Crippen LogP contribution in [0.5, 0.6) is 5.88 Å². The lowest BCUT2D eigenvalue weighted by atomic mass is 10.2. The number of methoxy groups -OCH3 is 2. The zero-order valence-electron chi connectivity index (χ0n) is 11.7. The topological polar surface area (TPSA) is 48.3 Å². The third-order valence-corrected chi connectivity index (χ3v) is 3.77. The summed E-state index contributed by atoms with van der Waals surface area (Å²) in [5.74, 6) is 0.848. The van der Waals surface area contributed by atoms with Crippen molar-refractivity contribution in [1.82, 2.24) is 15.1 Å². The largest absolute Gasteiger partial charge is 0.481 e. The molecule has 1 aromatic heterocycles. The first-order chi connectivity index (χ1) is 8.65. The highest BCUT2D eigenvalue weighted by Gasteiger charge is 2.24. The summed E-state index contributed by atoms with van der Waals surface area (Å²) in [4.78, 5) is 0. The Morgan fingerprint density at radius 1 is 1.39 bits per heavy atom. The Labute approximate surface area is 108 Å². The van der Waals surface area contributed by atoms with Crippen molar-refractivity contribution in [1.29, 1.82) is 0 Å². The fourth-order valence-corrected chi connectivity index (χ4v) is 2.73. The van der Waals surface area contributed by atoms with Crippen LogP contribution in [-0.2, 0) is 18.3 Å². The molecule has 1 saturated carbocycles. The Morgan fingerprint density at radius 2 is 2.17 bits per heavy atom. The van der Waals surface area contributed by atoms with Gasteiger partial charge in [0.05, 0.1) is 24.5 Å². The molecule has 2 atom stereocenters. The molecule has 0 amide bonds. The predicted molar refractivity (Wildman–Crippen MR) is 69.8 cm³/mol. The van der Waals surface area contributed by atoms with Crippen LogP contribution in [0.25, 0.3) is 0 Å². The van der Waals surface area contributed by atoms with Gasteiger partial charge in [0.1, 0.15) is 0 Å². The standard InChI is InChI=1S/C13H23N3O2/c1-9-12(13(18-4)16(2)15-9)8-14-10-5-6-11(7-10)17-3/h10-11,14H,5-8H2,1-4H3. The zero-order valence-corrected chi connectivity index (χ0v) is 11.7. The van der Waals surface area contributed by atoms with E-state index in [2.05, 4.69) is 10.4 Å². The molecule has 2 unspecified atom stereocenters. The van der Waals surface area contributed by atoms with Gasteiger partial charge in [-0.15, -0.1) is 0 Å². The summed E-state index contributed by atoms with van der Waals surface area (Å²) in [6.45, 7) is 2.83. The van der Waals surface area contributed by atoms with Crippen LogP contribution in [0.3, 0.4) is 0 Å². The van der Waals surface area contributed by atoms with Crippen molar-refractivity contribution >= 4 is 0 Å². The van der Waals surface area contributed by atoms with E-state index < -0.39 is 0 Å². The molecule has 0 aromatic carbocycles. The van der Waals surface area contributed by atoms with Crippen molar-refractivity contribution in [2.24, 2.45) is 7.05 Å². The first-order valence-corrected chi connectivity index (χ1v) is 6.48. The molecule has 0 saturated heterocycles. The maximum atomic E-state index is 5.39. The zero-order chi connectivity index (χ0) is 13.1. The molecule has 0 radical (unpaired) electrons. The van der Waals surface area contributed by atoms with Gasteiger partial charge in [-0.05, 0) is 26.2 Å². The summed E-state index contributed by atoms with van der Waals surface area (Å²) < 4.78 is 12.6. The van der Waals surface area contributed by atoms with Gasteiger partial charge in [0.25, 0.3) is 0 Å². The van der Waals surface area contributed by atoms with Gasteiger partial charge in [0.15, 0.2) is 0 Å². The fraction of sp³-hybridized carbons (Fsp3) is 0.769. The highest BCUT2D eigenvalue weighted by molar-refractivity contribution is 5.30. The van der Waals surface area contributed by atoms with E-state index in [-0.39, 0.29) is 0 Å². The Kier molecular flexibility index (Phi) is 4.24. The van der Waals surface area contributed by atoms with Crippen LogP contribution in [0.15, 0.2) is 0 Å². The average Bonchev–Trinajstić information content (AvgIpc) is 2.91. The highest BCUT2D eigenvalue weighted by Crippen LogP contribution is 2.24. The number of nitrogens with zero attached hydrogens (tertiary/aromatic N) is 2. The third kappa shape index (κ3) is 2.67. The first kappa shape index (κ1) is 13.4. The Balaban J connectivity index is 1.94. The van der Waals surface area contributed by atoms with Gasteiger partial charge in [0, 0.05) is 26.7 Å². The SMILES string of the molecule is COc1c(CNC2CCC(OC)C2)c(C)nn1C. The lowest BCUT2D eigenvalue weighted by Crippen LogP contribution is -2.27. The molecule has 0 spiro atoms. The van der Waals surface area contributed by atoms with Crippen molar-refractivity contribution in [3.8, 4) is 5.88 Å². The van der Waals surface area contributed by atoms with Crippen molar-refractivity contribution in [2.45, 2.75) is 44.9 Å². The quantitative estimate of drug-likeness (QED) is 0.861. The van der Waals surface area contributed by atoms with Crippen LogP contribution in [-0.4, -0.2) is 36.1 Å². The van der Waals surface area contributed by atoms with Gasteiger partial charge in [-0.2, -0.15) is 5.10 Å². The van der Waals surface area contributed by atoms with E-state index in [4.69, 9.17) is 9.47 Å². The number of aryl methyl sites for hydroxylation is 2. The van der Waals surface area contributed by atoms with Gasteiger partial charge >= 0.3 is 0 Å². The maximum Gasteiger partial charge on any atom is 0.216 e. The molecule has 102 valence electrons. The molecule has 1 fully saturated rings. The molecular formula is C13H23N3O2. The molecule has 1 N–H and O–H groups in total. The number of aromatic nitrogens is 2. The predicted octanol–water partition coefficient (Wildman–Crippen LogP) is 1.39. The molecule has 1 aliphatic rings. The van der Waals surface area contributed by atoms with Gasteiger partial charge < -0.3 is 14.8 Å². The van der Waals surface area contributed by atoms with E-state index in [1.807, 2.05) is 14.0 Å². The molecule has 2 rings (SSSR count). The van der Waals surface area contributed by atoms with E-state index in [0.29, 0.717) is 12.1 Å². The lowest BCUT2D eigenvalue weighted by molar-refractivity contribution is 0.107. The van der Waals surface area contributed by atoms with Crippen LogP contribution < -0.4 is 10.1 Å². The van der Waals surface area contributed by atoms with Gasteiger partial charge in [-0.3, -0.25) is 0 Å². The Hall–Kier alpha value is -1.07. The van der Waals surface area contributed by atoms with Crippen molar-refractivity contribution in [3.63, 3.8) is 0 Å². The summed E-state index contributed by atoms with van der Waals surface area (Å²) in [6, 6.07) is 0.541. The van der Waals surface area contributed by atoms with E-state index in [0.717, 1.165) is 36.5 Å². The molecule has 1 aromatic rings. The minimum atomic E-state index is 0.416. The Bertz CT molecular complexity index is 403. The molecule has 0 aliphatic heterocycles. The number of rotatable bonds is 5. The average molecular weight is 253 g/mol. The summed E-state index contributed by atoms with van der Waals surface area (Å²) in [6.07, 6.45) is 3.84. The minimum Gasteiger partial charge on any atom is -0.481 e. The van der Waals surface area contributed by atoms with Gasteiger partial charge in [-0.1, -0.05) is 0 Å².